The third-order valence-corrected chi connectivity index (χ3v) is 4.97. The number of rotatable bonds is 6. The van der Waals surface area contributed by atoms with Crippen LogP contribution in [0.1, 0.15) is 24.4 Å². The highest BCUT2D eigenvalue weighted by Gasteiger charge is 2.14. The maximum absolute atomic E-state index is 11.1. The molecule has 0 amide bonds. The Morgan fingerprint density at radius 2 is 2.17 bits per heavy atom. The van der Waals surface area contributed by atoms with E-state index in [-0.39, 0.29) is 11.8 Å². The SMILES string of the molecule is CS(=O)(=O)CCCC(NN)c1cc(I)ccc1Br. The Morgan fingerprint density at radius 3 is 2.72 bits per heavy atom. The fraction of sp³-hybridized carbons (Fsp3) is 0.455. The van der Waals surface area contributed by atoms with Gasteiger partial charge in [-0.05, 0) is 59.2 Å². The summed E-state index contributed by atoms with van der Waals surface area (Å²) in [4.78, 5) is 0. The Kier molecular flexibility index (Phi) is 6.52. The lowest BCUT2D eigenvalue weighted by atomic mass is 10.0. The summed E-state index contributed by atoms with van der Waals surface area (Å²) < 4.78 is 24.3. The van der Waals surface area contributed by atoms with Crippen LogP contribution >= 0.6 is 38.5 Å². The van der Waals surface area contributed by atoms with Gasteiger partial charge < -0.3 is 0 Å². The zero-order valence-corrected chi connectivity index (χ0v) is 14.5. The number of benzene rings is 1. The second-order valence-electron chi connectivity index (χ2n) is 4.16. The van der Waals surface area contributed by atoms with Gasteiger partial charge in [-0.3, -0.25) is 11.3 Å². The standard InChI is InChI=1S/C11H16BrIN2O2S/c1-18(16,17)6-2-3-11(15-14)9-7-8(13)4-5-10(9)12/h4-5,7,11,15H,2-3,6,14H2,1H3. The first-order valence-corrected chi connectivity index (χ1v) is 9.35. The van der Waals surface area contributed by atoms with Gasteiger partial charge in [0.1, 0.15) is 9.84 Å². The molecule has 4 nitrogen and oxygen atoms in total. The lowest BCUT2D eigenvalue weighted by Crippen LogP contribution is -2.28. The van der Waals surface area contributed by atoms with Crippen molar-refractivity contribution in [2.75, 3.05) is 12.0 Å². The van der Waals surface area contributed by atoms with Crippen LogP contribution < -0.4 is 11.3 Å². The topological polar surface area (TPSA) is 72.2 Å². The van der Waals surface area contributed by atoms with Crippen molar-refractivity contribution in [3.8, 4) is 0 Å². The Balaban J connectivity index is 2.74. The van der Waals surface area contributed by atoms with Gasteiger partial charge in [0.15, 0.2) is 0 Å². The molecular weight excluding hydrogens is 431 g/mol. The molecule has 0 radical (unpaired) electrons. The zero-order chi connectivity index (χ0) is 13.8. The molecule has 1 rings (SSSR count). The summed E-state index contributed by atoms with van der Waals surface area (Å²) in [6.45, 7) is 0. The van der Waals surface area contributed by atoms with Crippen LogP contribution in [0.2, 0.25) is 0 Å². The fourth-order valence-corrected chi connectivity index (χ4v) is 3.39. The van der Waals surface area contributed by atoms with Gasteiger partial charge >= 0.3 is 0 Å². The number of nitrogens with two attached hydrogens (primary N) is 1. The minimum absolute atomic E-state index is 0.0455. The molecule has 1 unspecified atom stereocenters. The van der Waals surface area contributed by atoms with Gasteiger partial charge in [-0.25, -0.2) is 8.42 Å². The van der Waals surface area contributed by atoms with Crippen molar-refractivity contribution in [3.63, 3.8) is 0 Å². The number of sulfone groups is 1. The Labute approximate surface area is 130 Å². The summed E-state index contributed by atoms with van der Waals surface area (Å²) in [5, 5.41) is 0. The second-order valence-corrected chi connectivity index (χ2v) is 8.52. The molecule has 7 heteroatoms. The van der Waals surface area contributed by atoms with E-state index >= 15 is 0 Å². The van der Waals surface area contributed by atoms with Crippen molar-refractivity contribution >= 4 is 48.4 Å². The number of hydrazine groups is 1. The molecule has 0 aliphatic heterocycles. The Morgan fingerprint density at radius 1 is 1.50 bits per heavy atom. The minimum atomic E-state index is -2.91. The van der Waals surface area contributed by atoms with Crippen LogP contribution in [0.3, 0.4) is 0 Å². The lowest BCUT2D eigenvalue weighted by Gasteiger charge is -2.18. The summed E-state index contributed by atoms with van der Waals surface area (Å²) in [6, 6.07) is 5.96. The zero-order valence-electron chi connectivity index (χ0n) is 9.99. The average Bonchev–Trinajstić information content (AvgIpc) is 2.27. The first-order valence-electron chi connectivity index (χ1n) is 5.42. The number of hydrogen-bond acceptors (Lipinski definition) is 4. The maximum Gasteiger partial charge on any atom is 0.147 e. The molecule has 0 saturated carbocycles. The molecule has 0 aliphatic carbocycles. The van der Waals surface area contributed by atoms with Crippen molar-refractivity contribution in [1.82, 2.24) is 5.43 Å². The quantitative estimate of drug-likeness (QED) is 0.399. The van der Waals surface area contributed by atoms with Crippen LogP contribution in [0, 0.1) is 3.57 Å². The van der Waals surface area contributed by atoms with Crippen molar-refractivity contribution in [2.45, 2.75) is 18.9 Å². The normalized spacial score (nSPS) is 13.6. The average molecular weight is 447 g/mol. The molecule has 1 aromatic carbocycles. The summed E-state index contributed by atoms with van der Waals surface area (Å²) >= 11 is 5.72. The smallest absolute Gasteiger partial charge is 0.147 e. The second kappa shape index (κ2) is 7.18. The lowest BCUT2D eigenvalue weighted by molar-refractivity contribution is 0.506. The van der Waals surface area contributed by atoms with Gasteiger partial charge in [0.05, 0.1) is 0 Å². The molecule has 0 saturated heterocycles. The van der Waals surface area contributed by atoms with Crippen LogP contribution in [-0.4, -0.2) is 20.4 Å². The third kappa shape index (κ3) is 5.52. The van der Waals surface area contributed by atoms with Gasteiger partial charge in [0, 0.05) is 26.1 Å². The highest BCUT2D eigenvalue weighted by atomic mass is 127. The van der Waals surface area contributed by atoms with Gasteiger partial charge in [-0.15, -0.1) is 0 Å². The predicted molar refractivity (Wildman–Crippen MR) is 85.9 cm³/mol. The van der Waals surface area contributed by atoms with Gasteiger partial charge in [0.25, 0.3) is 0 Å². The van der Waals surface area contributed by atoms with E-state index in [1.54, 1.807) is 0 Å². The highest BCUT2D eigenvalue weighted by Crippen LogP contribution is 2.27. The van der Waals surface area contributed by atoms with E-state index in [2.05, 4.69) is 43.9 Å². The molecule has 102 valence electrons. The number of halogens is 2. The molecule has 18 heavy (non-hydrogen) atoms. The van der Waals surface area contributed by atoms with Crippen LogP contribution in [-0.2, 0) is 9.84 Å². The van der Waals surface area contributed by atoms with E-state index in [0.29, 0.717) is 12.8 Å². The summed E-state index contributed by atoms with van der Waals surface area (Å²) in [5.74, 6) is 5.74. The van der Waals surface area contributed by atoms with Crippen LogP contribution in [0.5, 0.6) is 0 Å². The predicted octanol–water partition coefficient (Wildman–Crippen LogP) is 2.38. The number of nitrogens with one attached hydrogen (secondary N) is 1. The molecular formula is C11H16BrIN2O2S. The van der Waals surface area contributed by atoms with Crippen LogP contribution in [0.4, 0.5) is 0 Å². The van der Waals surface area contributed by atoms with Crippen molar-refractivity contribution in [2.24, 2.45) is 5.84 Å². The fourth-order valence-electron chi connectivity index (χ4n) is 1.66. The van der Waals surface area contributed by atoms with Gasteiger partial charge in [-0.2, -0.15) is 0 Å². The van der Waals surface area contributed by atoms with E-state index in [4.69, 9.17) is 5.84 Å². The third-order valence-electron chi connectivity index (χ3n) is 2.54. The maximum atomic E-state index is 11.1. The van der Waals surface area contributed by atoms with E-state index in [1.165, 1.54) is 6.26 Å². The molecule has 1 aromatic rings. The van der Waals surface area contributed by atoms with Gasteiger partial charge in [-0.1, -0.05) is 15.9 Å². The summed E-state index contributed by atoms with van der Waals surface area (Å²) in [7, 11) is -2.91. The van der Waals surface area contributed by atoms with Crippen molar-refractivity contribution in [3.05, 3.63) is 31.8 Å². The van der Waals surface area contributed by atoms with Gasteiger partial charge in [0.2, 0.25) is 0 Å². The largest absolute Gasteiger partial charge is 0.271 e. The number of hydrogen-bond donors (Lipinski definition) is 2. The Hall–Kier alpha value is 0.300. The summed E-state index contributed by atoms with van der Waals surface area (Å²) in [6.07, 6.45) is 2.52. The molecule has 1 atom stereocenters. The molecule has 0 fully saturated rings. The van der Waals surface area contributed by atoms with E-state index in [0.717, 1.165) is 13.6 Å². The van der Waals surface area contributed by atoms with Crippen LogP contribution in [0.25, 0.3) is 0 Å². The van der Waals surface area contributed by atoms with E-state index < -0.39 is 9.84 Å². The van der Waals surface area contributed by atoms with E-state index in [9.17, 15) is 8.42 Å². The van der Waals surface area contributed by atoms with Crippen molar-refractivity contribution < 1.29 is 8.42 Å². The molecule has 0 aliphatic rings. The van der Waals surface area contributed by atoms with E-state index in [1.807, 2.05) is 18.2 Å². The van der Waals surface area contributed by atoms with Crippen LogP contribution in [0.15, 0.2) is 22.7 Å². The molecule has 0 bridgehead atoms. The molecule has 0 aromatic heterocycles. The Bertz CT molecular complexity index is 508. The monoisotopic (exact) mass is 446 g/mol. The molecule has 3 N–H and O–H groups in total. The summed E-state index contributed by atoms with van der Waals surface area (Å²) in [5.41, 5.74) is 3.80. The van der Waals surface area contributed by atoms with Crippen molar-refractivity contribution in [1.29, 1.82) is 0 Å². The first-order chi connectivity index (χ1) is 8.33. The molecule has 0 heterocycles. The molecule has 0 spiro atoms. The first kappa shape index (κ1) is 16.4. The highest BCUT2D eigenvalue weighted by molar-refractivity contribution is 14.1. The minimum Gasteiger partial charge on any atom is -0.271 e.